The lowest BCUT2D eigenvalue weighted by molar-refractivity contribution is -0.175. The number of nitrogens with zero attached hydrogens (tertiary/aromatic N) is 6. The molecule has 12 nitrogen and oxygen atoms in total. The Hall–Kier alpha value is -4.21. The highest BCUT2D eigenvalue weighted by atomic mass is 127. The normalized spacial score (nSPS) is 19.3. The molecule has 3 aromatic carbocycles. The third-order valence-electron chi connectivity index (χ3n) is 8.74. The van der Waals surface area contributed by atoms with E-state index in [1.165, 1.54) is 6.21 Å². The molecule has 2 N–H and O–H groups in total. The molecule has 13 heteroatoms. The number of ether oxygens (including phenoxy) is 3. The molecular formula is C37H49IN8O4. The molecule has 268 valence electrons. The Balaban J connectivity index is 0.00000184. The van der Waals surface area contributed by atoms with E-state index in [2.05, 4.69) is 49.7 Å². The van der Waals surface area contributed by atoms with Crippen LogP contribution in [0.1, 0.15) is 45.7 Å². The highest BCUT2D eigenvalue weighted by molar-refractivity contribution is 14.0. The monoisotopic (exact) mass is 796 g/mol. The molecular weight excluding hydrogens is 747 g/mol. The first-order valence-corrected chi connectivity index (χ1v) is 17.1. The van der Waals surface area contributed by atoms with Gasteiger partial charge in [-0.25, -0.2) is 14.0 Å². The molecule has 2 saturated heterocycles. The molecule has 0 aliphatic carbocycles. The van der Waals surface area contributed by atoms with E-state index in [4.69, 9.17) is 19.6 Å². The van der Waals surface area contributed by atoms with E-state index in [1.54, 1.807) is 15.6 Å². The summed E-state index contributed by atoms with van der Waals surface area (Å²) in [5.74, 6) is -0.213. The zero-order chi connectivity index (χ0) is 34.6. The second kappa shape index (κ2) is 18.7. The third kappa shape index (κ3) is 9.11. The zero-order valence-corrected chi connectivity index (χ0v) is 31.6. The molecule has 0 amide bonds. The van der Waals surface area contributed by atoms with E-state index in [9.17, 15) is 4.79 Å². The number of hydrogen-bond donors (Lipinski definition) is 2. The highest BCUT2D eigenvalue weighted by Crippen LogP contribution is 2.34. The van der Waals surface area contributed by atoms with Crippen molar-refractivity contribution in [3.8, 4) is 11.4 Å². The topological polar surface area (TPSA) is 122 Å². The number of halogens is 1. The van der Waals surface area contributed by atoms with E-state index in [0.29, 0.717) is 19.8 Å². The van der Waals surface area contributed by atoms with Gasteiger partial charge in [0.05, 0.1) is 31.1 Å². The van der Waals surface area contributed by atoms with E-state index in [0.717, 1.165) is 67.2 Å². The van der Waals surface area contributed by atoms with Crippen molar-refractivity contribution >= 4 is 47.8 Å². The number of benzene rings is 3. The second-order valence-corrected chi connectivity index (χ2v) is 11.7. The van der Waals surface area contributed by atoms with Gasteiger partial charge in [-0.2, -0.15) is 10.2 Å². The minimum atomic E-state index is -0.987. The SMILES string of the molecule is CC.CC[C@@H](C)n1ncn(-c2ccc(N3CCN(c4ccc(OC[C@@H]5CO[C@](CN/N=C\C=N)(c6ccccc6)O5)cc4)CC3)cc2)c1=O.I. The lowest BCUT2D eigenvalue weighted by atomic mass is 10.1. The van der Waals surface area contributed by atoms with Gasteiger partial charge in [-0.05, 0) is 61.9 Å². The molecule has 2 aliphatic rings. The van der Waals surface area contributed by atoms with Crippen LogP contribution in [-0.2, 0) is 15.3 Å². The van der Waals surface area contributed by atoms with Gasteiger partial charge in [0.2, 0.25) is 5.79 Å². The van der Waals surface area contributed by atoms with Crippen LogP contribution in [0.3, 0.4) is 0 Å². The summed E-state index contributed by atoms with van der Waals surface area (Å²) in [4.78, 5) is 17.5. The average Bonchev–Trinajstić information content (AvgIpc) is 3.77. The Morgan fingerprint density at radius 2 is 1.58 bits per heavy atom. The summed E-state index contributed by atoms with van der Waals surface area (Å²) in [7, 11) is 0. The van der Waals surface area contributed by atoms with E-state index < -0.39 is 5.79 Å². The first-order chi connectivity index (χ1) is 24.0. The Morgan fingerprint density at radius 1 is 0.980 bits per heavy atom. The predicted molar refractivity (Wildman–Crippen MR) is 210 cm³/mol. The molecule has 6 rings (SSSR count). The van der Waals surface area contributed by atoms with Crippen molar-refractivity contribution in [1.29, 1.82) is 5.41 Å². The fraction of sp³-hybridized carbons (Fsp3) is 0.405. The van der Waals surface area contributed by atoms with Crippen molar-refractivity contribution in [3.05, 3.63) is 101 Å². The quantitative estimate of drug-likeness (QED) is 0.0983. The summed E-state index contributed by atoms with van der Waals surface area (Å²) < 4.78 is 21.8. The maximum absolute atomic E-state index is 12.8. The fourth-order valence-electron chi connectivity index (χ4n) is 5.88. The first kappa shape index (κ1) is 38.6. The molecule has 0 radical (unpaired) electrons. The standard InChI is InChI=1S/C35H42N8O4.C2H6.HI/c1-3-27(2)43-34(44)42(26-39-43)31-11-9-29(10-12-31)40-19-21-41(22-20-40)30-13-15-32(16-14-30)45-23-33-24-46-35(47-33,25-38-37-18-17-36)28-7-5-4-6-8-28;1-2;/h4-18,26-27,33,36,38H,3,19-25H2,1-2H3;1-2H3;1H/b36-17?,37-18-;;/t27-,33-,35+;;/m1../s1. The van der Waals surface area contributed by atoms with Gasteiger partial charge in [0.25, 0.3) is 0 Å². The summed E-state index contributed by atoms with van der Waals surface area (Å²) in [5, 5.41) is 15.4. The van der Waals surface area contributed by atoms with Crippen LogP contribution >= 0.6 is 24.0 Å². The molecule has 3 atom stereocenters. The number of rotatable bonds is 13. The number of hydrogen-bond acceptors (Lipinski definition) is 10. The zero-order valence-electron chi connectivity index (χ0n) is 29.3. The van der Waals surface area contributed by atoms with Gasteiger partial charge >= 0.3 is 5.69 Å². The van der Waals surface area contributed by atoms with Crippen LogP contribution in [0.15, 0.2) is 95.1 Å². The predicted octanol–water partition coefficient (Wildman–Crippen LogP) is 5.85. The van der Waals surface area contributed by atoms with Gasteiger partial charge in [-0.15, -0.1) is 24.0 Å². The summed E-state index contributed by atoms with van der Waals surface area (Å²) in [6, 6.07) is 26.2. The van der Waals surface area contributed by atoms with E-state index in [1.807, 2.05) is 82.3 Å². The number of hydrazone groups is 1. The Morgan fingerprint density at radius 3 is 2.18 bits per heavy atom. The van der Waals surface area contributed by atoms with Gasteiger partial charge in [-0.3, -0.25) is 0 Å². The average molecular weight is 797 g/mol. The Kier molecular flexibility index (Phi) is 14.4. The van der Waals surface area contributed by atoms with Gasteiger partial charge in [0.15, 0.2) is 0 Å². The van der Waals surface area contributed by atoms with Crippen LogP contribution in [0.5, 0.6) is 5.75 Å². The van der Waals surface area contributed by atoms with Crippen molar-refractivity contribution < 1.29 is 14.2 Å². The van der Waals surface area contributed by atoms with Gasteiger partial charge in [0.1, 0.15) is 24.8 Å². The van der Waals surface area contributed by atoms with Crippen LogP contribution in [0.2, 0.25) is 0 Å². The molecule has 50 heavy (non-hydrogen) atoms. The van der Waals surface area contributed by atoms with Crippen molar-refractivity contribution in [1.82, 2.24) is 19.8 Å². The maximum atomic E-state index is 12.8. The largest absolute Gasteiger partial charge is 0.491 e. The van der Waals surface area contributed by atoms with Crippen molar-refractivity contribution in [3.63, 3.8) is 0 Å². The number of aromatic nitrogens is 3. The van der Waals surface area contributed by atoms with Crippen LogP contribution in [0.4, 0.5) is 11.4 Å². The van der Waals surface area contributed by atoms with Gasteiger partial charge < -0.3 is 34.8 Å². The summed E-state index contributed by atoms with van der Waals surface area (Å²) in [6.07, 6.45) is 4.68. The highest BCUT2D eigenvalue weighted by Gasteiger charge is 2.43. The molecule has 3 heterocycles. The van der Waals surface area contributed by atoms with Crippen LogP contribution in [0.25, 0.3) is 5.69 Å². The van der Waals surface area contributed by atoms with Crippen LogP contribution in [-0.4, -0.2) is 78.8 Å². The molecule has 0 spiro atoms. The van der Waals surface area contributed by atoms with E-state index >= 15 is 0 Å². The Bertz CT molecular complexity index is 1690. The molecule has 0 saturated carbocycles. The smallest absolute Gasteiger partial charge is 0.350 e. The lowest BCUT2D eigenvalue weighted by Gasteiger charge is -2.37. The Labute approximate surface area is 311 Å². The fourth-order valence-corrected chi connectivity index (χ4v) is 5.88. The lowest BCUT2D eigenvalue weighted by Crippen LogP contribution is -2.46. The summed E-state index contributed by atoms with van der Waals surface area (Å²) in [5.41, 5.74) is 6.83. The number of anilines is 2. The van der Waals surface area contributed by atoms with Gasteiger partial charge in [-0.1, -0.05) is 51.1 Å². The van der Waals surface area contributed by atoms with Crippen molar-refractivity contribution in [2.45, 2.75) is 52.0 Å². The third-order valence-corrected chi connectivity index (χ3v) is 8.74. The van der Waals surface area contributed by atoms with Crippen molar-refractivity contribution in [2.75, 3.05) is 55.7 Å². The molecule has 0 unspecified atom stereocenters. The summed E-state index contributed by atoms with van der Waals surface area (Å²) in [6.45, 7) is 12.7. The number of piperazine rings is 1. The van der Waals surface area contributed by atoms with Crippen molar-refractivity contribution in [2.24, 2.45) is 5.10 Å². The minimum Gasteiger partial charge on any atom is -0.491 e. The molecule has 1 aromatic heterocycles. The number of nitrogens with one attached hydrogen (secondary N) is 2. The van der Waals surface area contributed by atoms with Gasteiger partial charge in [0, 0.05) is 49.3 Å². The molecule has 2 aliphatic heterocycles. The van der Waals surface area contributed by atoms with E-state index in [-0.39, 0.29) is 41.8 Å². The van der Waals surface area contributed by atoms with Crippen LogP contribution in [0, 0.1) is 5.41 Å². The van der Waals surface area contributed by atoms with Crippen LogP contribution < -0.4 is 25.7 Å². The summed E-state index contributed by atoms with van der Waals surface area (Å²) >= 11 is 0. The second-order valence-electron chi connectivity index (χ2n) is 11.7. The molecule has 0 bridgehead atoms. The maximum Gasteiger partial charge on any atom is 0.350 e. The molecule has 4 aromatic rings. The first-order valence-electron chi connectivity index (χ1n) is 17.1. The molecule has 2 fully saturated rings. The minimum absolute atomic E-state index is 0.